The Kier molecular flexibility index (Phi) is 4.82. The number of nitrogen functional groups attached to an aromatic ring is 1. The topological polar surface area (TPSA) is 49.9 Å². The van der Waals surface area contributed by atoms with Gasteiger partial charge in [0.15, 0.2) is 0 Å². The van der Waals surface area contributed by atoms with Crippen LogP contribution in [0.4, 0.5) is 5.69 Å². The van der Waals surface area contributed by atoms with E-state index in [1.54, 1.807) is 6.92 Å². The smallest absolute Gasteiger partial charge is 0.0408 e. The van der Waals surface area contributed by atoms with Crippen LogP contribution in [-0.2, 0) is 0 Å². The summed E-state index contributed by atoms with van der Waals surface area (Å²) in [6.07, 6.45) is 0. The molecule has 0 heterocycles. The number of rotatable bonds is 1. The highest BCUT2D eigenvalue weighted by atomic mass is 14.6. The molecule has 72 valence electrons. The molecule has 0 fully saturated rings. The molecule has 0 atom stereocenters. The summed E-state index contributed by atoms with van der Waals surface area (Å²) in [5.41, 5.74) is 8.84. The molecule has 1 aromatic rings. The maximum atomic E-state index is 7.44. The van der Waals surface area contributed by atoms with Crippen molar-refractivity contribution < 1.29 is 0 Å². The fraction of sp³-hybridized carbons (Fsp3) is 0.364. The van der Waals surface area contributed by atoms with E-state index >= 15 is 0 Å². The Balaban J connectivity index is 0.000000671. The number of benzene rings is 1. The minimum absolute atomic E-state index is 0.528. The minimum Gasteiger partial charge on any atom is -0.398 e. The van der Waals surface area contributed by atoms with Crippen molar-refractivity contribution in [2.24, 2.45) is 0 Å². The van der Waals surface area contributed by atoms with Gasteiger partial charge in [-0.2, -0.15) is 0 Å². The SMILES string of the molecule is CC.CC(=N)c1c(C)cccc1N. The lowest BCUT2D eigenvalue weighted by Crippen LogP contribution is -2.01. The van der Waals surface area contributed by atoms with Crippen molar-refractivity contribution in [3.8, 4) is 0 Å². The molecule has 2 heteroatoms. The van der Waals surface area contributed by atoms with Crippen molar-refractivity contribution in [3.63, 3.8) is 0 Å². The van der Waals surface area contributed by atoms with Crippen LogP contribution < -0.4 is 5.73 Å². The zero-order chi connectivity index (χ0) is 10.4. The van der Waals surface area contributed by atoms with Crippen LogP contribution in [0.5, 0.6) is 0 Å². The van der Waals surface area contributed by atoms with Crippen LogP contribution in [0.1, 0.15) is 31.9 Å². The van der Waals surface area contributed by atoms with E-state index in [-0.39, 0.29) is 0 Å². The van der Waals surface area contributed by atoms with Crippen molar-refractivity contribution in [1.82, 2.24) is 0 Å². The molecule has 0 spiro atoms. The minimum atomic E-state index is 0.528. The average molecular weight is 178 g/mol. The Bertz CT molecular complexity index is 270. The highest BCUT2D eigenvalue weighted by molar-refractivity contribution is 6.02. The normalized spacial score (nSPS) is 8.62. The molecule has 0 amide bonds. The lowest BCUT2D eigenvalue weighted by molar-refractivity contribution is 1.39. The van der Waals surface area contributed by atoms with Crippen LogP contribution in [0.25, 0.3) is 0 Å². The van der Waals surface area contributed by atoms with Gasteiger partial charge in [0.1, 0.15) is 0 Å². The zero-order valence-electron chi connectivity index (χ0n) is 8.81. The van der Waals surface area contributed by atoms with Crippen molar-refractivity contribution in [3.05, 3.63) is 29.3 Å². The molecular formula is C11H18N2. The number of nitrogens with two attached hydrogens (primary N) is 1. The van der Waals surface area contributed by atoms with E-state index in [4.69, 9.17) is 11.1 Å². The second kappa shape index (κ2) is 5.36. The molecule has 1 rings (SSSR count). The molecule has 0 radical (unpaired) electrons. The maximum Gasteiger partial charge on any atom is 0.0408 e. The molecule has 2 nitrogen and oxygen atoms in total. The first-order valence-corrected chi connectivity index (χ1v) is 4.53. The summed E-state index contributed by atoms with van der Waals surface area (Å²) in [5.74, 6) is 0. The van der Waals surface area contributed by atoms with E-state index in [9.17, 15) is 0 Å². The van der Waals surface area contributed by atoms with Gasteiger partial charge in [0.05, 0.1) is 0 Å². The van der Waals surface area contributed by atoms with Gasteiger partial charge in [0.25, 0.3) is 0 Å². The third-order valence-corrected chi connectivity index (χ3v) is 1.68. The Morgan fingerprint density at radius 3 is 2.15 bits per heavy atom. The third kappa shape index (κ3) is 2.90. The Morgan fingerprint density at radius 1 is 1.31 bits per heavy atom. The van der Waals surface area contributed by atoms with Crippen molar-refractivity contribution in [2.45, 2.75) is 27.7 Å². The van der Waals surface area contributed by atoms with Crippen molar-refractivity contribution in [1.29, 1.82) is 5.41 Å². The fourth-order valence-corrected chi connectivity index (χ4v) is 1.20. The number of hydrogen-bond acceptors (Lipinski definition) is 2. The van der Waals surface area contributed by atoms with Gasteiger partial charge in [-0.3, -0.25) is 0 Å². The molecule has 13 heavy (non-hydrogen) atoms. The quantitative estimate of drug-likeness (QED) is 0.504. The summed E-state index contributed by atoms with van der Waals surface area (Å²) < 4.78 is 0. The van der Waals surface area contributed by atoms with Gasteiger partial charge in [-0.15, -0.1) is 0 Å². The molecular weight excluding hydrogens is 160 g/mol. The molecule has 3 N–H and O–H groups in total. The van der Waals surface area contributed by atoms with E-state index in [1.807, 2.05) is 39.0 Å². The van der Waals surface area contributed by atoms with Gasteiger partial charge in [0.2, 0.25) is 0 Å². The highest BCUT2D eigenvalue weighted by Crippen LogP contribution is 2.15. The summed E-state index contributed by atoms with van der Waals surface area (Å²) in [5, 5.41) is 7.44. The molecule has 0 aromatic heterocycles. The Morgan fingerprint density at radius 2 is 1.85 bits per heavy atom. The molecule has 0 saturated carbocycles. The molecule has 0 aliphatic rings. The third-order valence-electron chi connectivity index (χ3n) is 1.68. The monoisotopic (exact) mass is 178 g/mol. The predicted molar refractivity (Wildman–Crippen MR) is 59.4 cm³/mol. The lowest BCUT2D eigenvalue weighted by Gasteiger charge is -2.06. The van der Waals surface area contributed by atoms with Gasteiger partial charge in [-0.05, 0) is 25.5 Å². The Labute approximate surface area is 80.3 Å². The maximum absolute atomic E-state index is 7.44. The molecule has 0 aliphatic carbocycles. The lowest BCUT2D eigenvalue weighted by atomic mass is 10.0. The number of nitrogens with one attached hydrogen (secondary N) is 1. The molecule has 0 unspecified atom stereocenters. The van der Waals surface area contributed by atoms with Gasteiger partial charge in [-0.25, -0.2) is 0 Å². The first kappa shape index (κ1) is 11.7. The second-order valence-electron chi connectivity index (χ2n) is 2.66. The first-order chi connectivity index (χ1) is 6.13. The predicted octanol–water partition coefficient (Wildman–Crippen LogP) is 2.99. The fourth-order valence-electron chi connectivity index (χ4n) is 1.20. The number of anilines is 1. The molecule has 1 aromatic carbocycles. The van der Waals surface area contributed by atoms with E-state index in [2.05, 4.69) is 0 Å². The van der Waals surface area contributed by atoms with Crippen molar-refractivity contribution >= 4 is 11.4 Å². The average Bonchev–Trinajstić information content (AvgIpc) is 2.07. The largest absolute Gasteiger partial charge is 0.398 e. The van der Waals surface area contributed by atoms with E-state index in [1.165, 1.54) is 0 Å². The van der Waals surface area contributed by atoms with Gasteiger partial charge >= 0.3 is 0 Å². The van der Waals surface area contributed by atoms with E-state index in [0.29, 0.717) is 11.4 Å². The summed E-state index contributed by atoms with van der Waals surface area (Å²) in [6.45, 7) is 7.71. The zero-order valence-corrected chi connectivity index (χ0v) is 8.81. The van der Waals surface area contributed by atoms with Crippen LogP contribution in [0, 0.1) is 12.3 Å². The van der Waals surface area contributed by atoms with E-state index < -0.39 is 0 Å². The summed E-state index contributed by atoms with van der Waals surface area (Å²) in [4.78, 5) is 0. The van der Waals surface area contributed by atoms with Crippen LogP contribution in [0.3, 0.4) is 0 Å². The Hall–Kier alpha value is -1.31. The number of hydrogen-bond donors (Lipinski definition) is 2. The summed E-state index contributed by atoms with van der Waals surface area (Å²) in [7, 11) is 0. The second-order valence-corrected chi connectivity index (χ2v) is 2.66. The van der Waals surface area contributed by atoms with E-state index in [0.717, 1.165) is 11.1 Å². The first-order valence-electron chi connectivity index (χ1n) is 4.53. The van der Waals surface area contributed by atoms with Gasteiger partial charge in [0, 0.05) is 17.0 Å². The summed E-state index contributed by atoms with van der Waals surface area (Å²) >= 11 is 0. The van der Waals surface area contributed by atoms with Crippen LogP contribution in [-0.4, -0.2) is 5.71 Å². The molecule has 0 saturated heterocycles. The van der Waals surface area contributed by atoms with Crippen LogP contribution >= 0.6 is 0 Å². The van der Waals surface area contributed by atoms with Crippen molar-refractivity contribution in [2.75, 3.05) is 5.73 Å². The molecule has 0 aliphatic heterocycles. The van der Waals surface area contributed by atoms with Crippen LogP contribution in [0.2, 0.25) is 0 Å². The van der Waals surface area contributed by atoms with Crippen LogP contribution in [0.15, 0.2) is 18.2 Å². The summed E-state index contributed by atoms with van der Waals surface area (Å²) in [6, 6.07) is 5.68. The van der Waals surface area contributed by atoms with Gasteiger partial charge in [-0.1, -0.05) is 26.0 Å². The van der Waals surface area contributed by atoms with Gasteiger partial charge < -0.3 is 11.1 Å². The number of aryl methyl sites for hydroxylation is 1. The standard InChI is InChI=1S/C9H12N2.C2H6/c1-6-4-3-5-8(11)9(6)7(2)10;1-2/h3-5,10H,11H2,1-2H3;1-2H3. The highest BCUT2D eigenvalue weighted by Gasteiger charge is 2.02. The molecule has 0 bridgehead atoms.